The Morgan fingerprint density at radius 2 is 1.85 bits per heavy atom. The van der Waals surface area contributed by atoms with Crippen molar-refractivity contribution in [2.75, 3.05) is 0 Å². The fourth-order valence-electron chi connectivity index (χ4n) is 5.87. The van der Waals surface area contributed by atoms with E-state index in [-0.39, 0.29) is 12.2 Å². The Bertz CT molecular complexity index is 386. The van der Waals surface area contributed by atoms with Crippen molar-refractivity contribution >= 4 is 6.09 Å². The largest absolute Gasteiger partial charge is 0.446 e. The molecule has 4 aliphatic carbocycles. The molecule has 20 heavy (non-hydrogen) atoms. The summed E-state index contributed by atoms with van der Waals surface area (Å²) in [5.41, 5.74) is 0.570. The normalized spacial score (nSPS) is 43.5. The van der Waals surface area contributed by atoms with E-state index in [4.69, 9.17) is 4.74 Å². The van der Waals surface area contributed by atoms with E-state index in [2.05, 4.69) is 5.32 Å². The molecule has 4 fully saturated rings. The molecule has 4 aliphatic rings. The number of amides is 1. The minimum Gasteiger partial charge on any atom is -0.446 e. The molecular weight excluding hydrogens is 250 g/mol. The van der Waals surface area contributed by atoms with Crippen LogP contribution in [0.5, 0.6) is 0 Å². The summed E-state index contributed by atoms with van der Waals surface area (Å²) in [5.74, 6) is 1.55. The maximum atomic E-state index is 12.1. The Hall–Kier alpha value is -0.730. The van der Waals surface area contributed by atoms with Crippen molar-refractivity contribution in [3.05, 3.63) is 0 Å². The lowest BCUT2D eigenvalue weighted by Crippen LogP contribution is -2.39. The van der Waals surface area contributed by atoms with Crippen LogP contribution in [-0.4, -0.2) is 18.2 Å². The second kappa shape index (κ2) is 4.92. The van der Waals surface area contributed by atoms with Crippen molar-refractivity contribution in [3.63, 3.8) is 0 Å². The van der Waals surface area contributed by atoms with Gasteiger partial charge in [-0.15, -0.1) is 0 Å². The predicted octanol–water partition coefficient (Wildman–Crippen LogP) is 4.01. The van der Waals surface area contributed by atoms with Crippen LogP contribution in [0.2, 0.25) is 0 Å². The van der Waals surface area contributed by atoms with E-state index in [1.54, 1.807) is 0 Å². The van der Waals surface area contributed by atoms with Gasteiger partial charge in [-0.1, -0.05) is 25.7 Å². The SMILES string of the molecule is O=C(NC1CCCCC1)O[C@H]1C[C@@]23CCC[C@@H]2[C@H]1CC3. The predicted molar refractivity (Wildman–Crippen MR) is 77.4 cm³/mol. The van der Waals surface area contributed by atoms with Gasteiger partial charge in [-0.05, 0) is 62.2 Å². The van der Waals surface area contributed by atoms with Gasteiger partial charge in [-0.3, -0.25) is 0 Å². The van der Waals surface area contributed by atoms with Crippen LogP contribution in [0.3, 0.4) is 0 Å². The number of rotatable bonds is 2. The van der Waals surface area contributed by atoms with Crippen molar-refractivity contribution in [3.8, 4) is 0 Å². The first-order valence-corrected chi connectivity index (χ1v) is 8.74. The van der Waals surface area contributed by atoms with Crippen LogP contribution in [0.4, 0.5) is 4.79 Å². The summed E-state index contributed by atoms with van der Waals surface area (Å²) in [7, 11) is 0. The third-order valence-corrected chi connectivity index (χ3v) is 6.74. The van der Waals surface area contributed by atoms with Gasteiger partial charge >= 0.3 is 6.09 Å². The third-order valence-electron chi connectivity index (χ3n) is 6.74. The monoisotopic (exact) mass is 277 g/mol. The van der Waals surface area contributed by atoms with Gasteiger partial charge in [0, 0.05) is 6.04 Å². The molecule has 4 atom stereocenters. The van der Waals surface area contributed by atoms with Gasteiger partial charge in [-0.2, -0.15) is 0 Å². The smallest absolute Gasteiger partial charge is 0.407 e. The van der Waals surface area contributed by atoms with Crippen molar-refractivity contribution in [1.29, 1.82) is 0 Å². The van der Waals surface area contributed by atoms with Crippen LogP contribution < -0.4 is 5.32 Å². The van der Waals surface area contributed by atoms with Crippen LogP contribution in [0.1, 0.15) is 70.6 Å². The number of ether oxygens (including phenoxy) is 1. The fraction of sp³-hybridized carbons (Fsp3) is 0.941. The zero-order valence-corrected chi connectivity index (χ0v) is 12.4. The summed E-state index contributed by atoms with van der Waals surface area (Å²) in [6.07, 6.45) is 14.2. The minimum absolute atomic E-state index is 0.135. The molecule has 0 spiro atoms. The molecule has 0 aromatic carbocycles. The van der Waals surface area contributed by atoms with Gasteiger partial charge in [-0.25, -0.2) is 4.79 Å². The Kier molecular flexibility index (Phi) is 3.19. The topological polar surface area (TPSA) is 38.3 Å². The first-order chi connectivity index (χ1) is 9.77. The van der Waals surface area contributed by atoms with Crippen molar-refractivity contribution in [2.24, 2.45) is 17.3 Å². The summed E-state index contributed by atoms with van der Waals surface area (Å²) in [5, 5.41) is 3.11. The summed E-state index contributed by atoms with van der Waals surface area (Å²) in [6.45, 7) is 0. The van der Waals surface area contributed by atoms with E-state index in [0.717, 1.165) is 25.2 Å². The second-order valence-electron chi connectivity index (χ2n) is 7.69. The van der Waals surface area contributed by atoms with Crippen LogP contribution in [0, 0.1) is 17.3 Å². The lowest BCUT2D eigenvalue weighted by molar-refractivity contribution is 0.0488. The van der Waals surface area contributed by atoms with Crippen molar-refractivity contribution < 1.29 is 9.53 Å². The van der Waals surface area contributed by atoms with E-state index in [1.165, 1.54) is 51.4 Å². The molecule has 4 saturated carbocycles. The highest BCUT2D eigenvalue weighted by Crippen LogP contribution is 2.66. The highest BCUT2D eigenvalue weighted by atomic mass is 16.6. The Morgan fingerprint density at radius 1 is 1.00 bits per heavy atom. The zero-order chi connectivity index (χ0) is 13.6. The number of carbonyl (C=O) groups excluding carboxylic acids is 1. The number of nitrogens with one attached hydrogen (secondary N) is 1. The molecular formula is C17H27NO2. The quantitative estimate of drug-likeness (QED) is 0.828. The molecule has 112 valence electrons. The number of carbonyl (C=O) groups is 1. The summed E-state index contributed by atoms with van der Waals surface area (Å²) in [6, 6.07) is 0.368. The molecule has 0 saturated heterocycles. The van der Waals surface area contributed by atoms with Crippen molar-refractivity contribution in [1.82, 2.24) is 5.32 Å². The van der Waals surface area contributed by atoms with Gasteiger partial charge in [0.1, 0.15) is 6.10 Å². The molecule has 4 rings (SSSR count). The number of hydrogen-bond donors (Lipinski definition) is 1. The number of hydrogen-bond acceptors (Lipinski definition) is 2. The van der Waals surface area contributed by atoms with E-state index >= 15 is 0 Å². The molecule has 2 bridgehead atoms. The highest BCUT2D eigenvalue weighted by molar-refractivity contribution is 5.68. The standard InChI is InChI=1S/C17H27NO2/c19-16(18-12-5-2-1-3-6-12)20-15-11-17-9-4-7-14(17)13(15)8-10-17/h12-15H,1-11H2,(H,18,19)/t13-,14-,15+,17+/m1/s1. The molecule has 0 heterocycles. The highest BCUT2D eigenvalue weighted by Gasteiger charge is 2.60. The molecule has 0 aromatic heterocycles. The van der Waals surface area contributed by atoms with Crippen LogP contribution in [0.25, 0.3) is 0 Å². The summed E-state index contributed by atoms with van der Waals surface area (Å²) < 4.78 is 5.83. The third kappa shape index (κ3) is 2.05. The Balaban J connectivity index is 1.33. The molecule has 1 N–H and O–H groups in total. The number of alkyl carbamates (subject to hydrolysis) is 1. The van der Waals surface area contributed by atoms with Crippen LogP contribution in [0.15, 0.2) is 0 Å². The van der Waals surface area contributed by atoms with E-state index in [1.807, 2.05) is 0 Å². The summed E-state index contributed by atoms with van der Waals surface area (Å²) >= 11 is 0. The van der Waals surface area contributed by atoms with Gasteiger partial charge in [0.2, 0.25) is 0 Å². The molecule has 0 aliphatic heterocycles. The van der Waals surface area contributed by atoms with E-state index < -0.39 is 0 Å². The maximum Gasteiger partial charge on any atom is 0.407 e. The fourth-order valence-corrected chi connectivity index (χ4v) is 5.87. The maximum absolute atomic E-state index is 12.1. The molecule has 3 nitrogen and oxygen atoms in total. The lowest BCUT2D eigenvalue weighted by atomic mass is 9.80. The van der Waals surface area contributed by atoms with Crippen LogP contribution >= 0.6 is 0 Å². The molecule has 1 amide bonds. The van der Waals surface area contributed by atoms with Gasteiger partial charge < -0.3 is 10.1 Å². The van der Waals surface area contributed by atoms with Gasteiger partial charge in [0.05, 0.1) is 0 Å². The molecule has 0 radical (unpaired) electrons. The Morgan fingerprint density at radius 3 is 2.65 bits per heavy atom. The van der Waals surface area contributed by atoms with Gasteiger partial charge in [0.15, 0.2) is 0 Å². The summed E-state index contributed by atoms with van der Waals surface area (Å²) in [4.78, 5) is 12.1. The first kappa shape index (κ1) is 13.0. The lowest BCUT2D eigenvalue weighted by Gasteiger charge is -2.29. The molecule has 3 heteroatoms. The van der Waals surface area contributed by atoms with E-state index in [9.17, 15) is 4.79 Å². The van der Waals surface area contributed by atoms with Gasteiger partial charge in [0.25, 0.3) is 0 Å². The molecule has 0 aromatic rings. The molecule has 0 unspecified atom stereocenters. The zero-order valence-electron chi connectivity index (χ0n) is 12.4. The minimum atomic E-state index is -0.135. The first-order valence-electron chi connectivity index (χ1n) is 8.74. The Labute approximate surface area is 121 Å². The van der Waals surface area contributed by atoms with Crippen LogP contribution in [-0.2, 0) is 4.74 Å². The van der Waals surface area contributed by atoms with E-state index in [0.29, 0.717) is 17.4 Å². The average molecular weight is 277 g/mol. The average Bonchev–Trinajstić information content (AvgIpc) is 3.04. The van der Waals surface area contributed by atoms with Crippen molar-refractivity contribution in [2.45, 2.75) is 82.8 Å². The second-order valence-corrected chi connectivity index (χ2v) is 7.69.